The Morgan fingerprint density at radius 1 is 1.40 bits per heavy atom. The monoisotopic (exact) mass is 282 g/mol. The van der Waals surface area contributed by atoms with E-state index in [9.17, 15) is 14.9 Å². The molecule has 0 heterocycles. The first-order valence-corrected chi connectivity index (χ1v) is 6.10. The predicted octanol–water partition coefficient (Wildman–Crippen LogP) is 1.71. The lowest BCUT2D eigenvalue weighted by Gasteiger charge is -2.11. The highest BCUT2D eigenvalue weighted by Gasteiger charge is 2.18. The van der Waals surface area contributed by atoms with E-state index in [1.54, 1.807) is 0 Å². The number of nitrogens with zero attached hydrogens (tertiary/aromatic N) is 2. The van der Waals surface area contributed by atoms with Crippen molar-refractivity contribution in [2.24, 2.45) is 0 Å². The van der Waals surface area contributed by atoms with Gasteiger partial charge in [-0.2, -0.15) is 0 Å². The summed E-state index contributed by atoms with van der Waals surface area (Å²) in [6, 6.07) is 3.92. The molecule has 0 saturated heterocycles. The standard InChI is InChI=1S/C13H18N2O5/c1-14(2)7-4-8-20-12-9-10(13(16)19-3)5-6-11(12)15(17)18/h5-6,9H,4,7-8H2,1-3H3. The van der Waals surface area contributed by atoms with Crippen LogP contribution >= 0.6 is 0 Å². The van der Waals surface area contributed by atoms with Gasteiger partial charge in [-0.15, -0.1) is 0 Å². The fourth-order valence-electron chi connectivity index (χ4n) is 1.59. The summed E-state index contributed by atoms with van der Waals surface area (Å²) in [5, 5.41) is 10.9. The van der Waals surface area contributed by atoms with Gasteiger partial charge in [0.15, 0.2) is 5.75 Å². The van der Waals surface area contributed by atoms with Crippen LogP contribution in [0.15, 0.2) is 18.2 Å². The van der Waals surface area contributed by atoms with Gasteiger partial charge < -0.3 is 14.4 Å². The zero-order valence-electron chi connectivity index (χ0n) is 11.8. The molecule has 0 aliphatic carbocycles. The van der Waals surface area contributed by atoms with Gasteiger partial charge in [0.1, 0.15) is 0 Å². The van der Waals surface area contributed by atoms with Crippen LogP contribution in [0.25, 0.3) is 0 Å². The van der Waals surface area contributed by atoms with Crippen LogP contribution in [0.1, 0.15) is 16.8 Å². The van der Waals surface area contributed by atoms with E-state index in [1.807, 2.05) is 19.0 Å². The van der Waals surface area contributed by atoms with Crippen molar-refractivity contribution in [3.8, 4) is 5.75 Å². The van der Waals surface area contributed by atoms with Crippen molar-refractivity contribution >= 4 is 11.7 Å². The minimum atomic E-state index is -0.557. The molecule has 7 nitrogen and oxygen atoms in total. The van der Waals surface area contributed by atoms with Crippen LogP contribution in [0.5, 0.6) is 5.75 Å². The third-order valence-corrected chi connectivity index (χ3v) is 2.58. The number of benzene rings is 1. The molecule has 7 heteroatoms. The minimum absolute atomic E-state index is 0.0802. The molecule has 1 rings (SSSR count). The van der Waals surface area contributed by atoms with Crippen molar-refractivity contribution in [3.05, 3.63) is 33.9 Å². The van der Waals surface area contributed by atoms with Crippen LogP contribution in [-0.2, 0) is 4.74 Å². The SMILES string of the molecule is COC(=O)c1ccc([N+](=O)[O-])c(OCCCN(C)C)c1. The molecule has 20 heavy (non-hydrogen) atoms. The van der Waals surface area contributed by atoms with Gasteiger partial charge in [0.05, 0.1) is 24.2 Å². The van der Waals surface area contributed by atoms with Gasteiger partial charge in [-0.25, -0.2) is 4.79 Å². The molecule has 0 unspecified atom stereocenters. The quantitative estimate of drug-likeness (QED) is 0.328. The Bertz CT molecular complexity index is 488. The lowest BCUT2D eigenvalue weighted by molar-refractivity contribution is -0.385. The third-order valence-electron chi connectivity index (χ3n) is 2.58. The topological polar surface area (TPSA) is 81.9 Å². The molecule has 110 valence electrons. The van der Waals surface area contributed by atoms with Gasteiger partial charge in [0.2, 0.25) is 0 Å². The molecular weight excluding hydrogens is 264 g/mol. The van der Waals surface area contributed by atoms with E-state index >= 15 is 0 Å². The average Bonchev–Trinajstić information content (AvgIpc) is 2.42. The fraction of sp³-hybridized carbons (Fsp3) is 0.462. The number of nitro benzene ring substituents is 1. The van der Waals surface area contributed by atoms with Crippen molar-refractivity contribution in [2.75, 3.05) is 34.4 Å². The van der Waals surface area contributed by atoms with E-state index < -0.39 is 10.9 Å². The first-order valence-electron chi connectivity index (χ1n) is 6.10. The van der Waals surface area contributed by atoms with Crippen LogP contribution in [0.3, 0.4) is 0 Å². The highest BCUT2D eigenvalue weighted by atomic mass is 16.6. The number of hydrogen-bond acceptors (Lipinski definition) is 6. The van der Waals surface area contributed by atoms with Crippen LogP contribution in [0.4, 0.5) is 5.69 Å². The summed E-state index contributed by atoms with van der Waals surface area (Å²) in [7, 11) is 5.11. The maximum absolute atomic E-state index is 11.4. The molecule has 0 atom stereocenters. The molecule has 1 aromatic rings. The number of hydrogen-bond donors (Lipinski definition) is 0. The van der Waals surface area contributed by atoms with Crippen molar-refractivity contribution < 1.29 is 19.2 Å². The Kier molecular flexibility index (Phi) is 5.92. The second-order valence-corrected chi connectivity index (χ2v) is 4.44. The first-order chi connectivity index (χ1) is 9.45. The Morgan fingerprint density at radius 2 is 2.10 bits per heavy atom. The van der Waals surface area contributed by atoms with Gasteiger partial charge in [-0.3, -0.25) is 10.1 Å². The van der Waals surface area contributed by atoms with E-state index in [0.29, 0.717) is 6.61 Å². The van der Waals surface area contributed by atoms with Crippen molar-refractivity contribution in [2.45, 2.75) is 6.42 Å². The number of ether oxygens (including phenoxy) is 2. The van der Waals surface area contributed by atoms with E-state index in [0.717, 1.165) is 13.0 Å². The summed E-state index contributed by atoms with van der Waals surface area (Å²) in [5.74, 6) is -0.477. The van der Waals surface area contributed by atoms with Gasteiger partial charge in [0.25, 0.3) is 0 Å². The second kappa shape index (κ2) is 7.44. The maximum atomic E-state index is 11.4. The Labute approximate surface area is 117 Å². The second-order valence-electron chi connectivity index (χ2n) is 4.44. The molecule has 0 aromatic heterocycles. The molecule has 0 radical (unpaired) electrons. The average molecular weight is 282 g/mol. The first kappa shape index (κ1) is 15.9. The van der Waals surface area contributed by atoms with Gasteiger partial charge in [0, 0.05) is 18.7 Å². The lowest BCUT2D eigenvalue weighted by atomic mass is 10.2. The zero-order valence-corrected chi connectivity index (χ0v) is 11.8. The van der Waals surface area contributed by atoms with E-state index in [4.69, 9.17) is 4.74 Å². The number of carbonyl (C=O) groups is 1. The van der Waals surface area contributed by atoms with Crippen molar-refractivity contribution in [3.63, 3.8) is 0 Å². The van der Waals surface area contributed by atoms with Gasteiger partial charge >= 0.3 is 11.7 Å². The fourth-order valence-corrected chi connectivity index (χ4v) is 1.59. The third kappa shape index (κ3) is 4.51. The minimum Gasteiger partial charge on any atom is -0.487 e. The molecule has 0 bridgehead atoms. The highest BCUT2D eigenvalue weighted by molar-refractivity contribution is 5.90. The summed E-state index contributed by atoms with van der Waals surface area (Å²) in [6.07, 6.45) is 0.729. The molecule has 0 spiro atoms. The summed E-state index contributed by atoms with van der Waals surface area (Å²) in [5.41, 5.74) is 0.0585. The molecule has 0 aliphatic rings. The normalized spacial score (nSPS) is 10.4. The van der Waals surface area contributed by atoms with E-state index in [-0.39, 0.29) is 17.0 Å². The number of esters is 1. The summed E-state index contributed by atoms with van der Waals surface area (Å²) < 4.78 is 9.99. The molecule has 0 fully saturated rings. The molecule has 1 aromatic carbocycles. The smallest absolute Gasteiger partial charge is 0.337 e. The molecule has 0 aliphatic heterocycles. The molecule has 0 N–H and O–H groups in total. The molecule has 0 saturated carbocycles. The molecular formula is C13H18N2O5. The number of nitro groups is 1. The van der Waals surface area contributed by atoms with Crippen LogP contribution in [-0.4, -0.2) is 50.1 Å². The Hall–Kier alpha value is -2.15. The van der Waals surface area contributed by atoms with Gasteiger partial charge in [-0.05, 0) is 26.6 Å². The van der Waals surface area contributed by atoms with E-state index in [2.05, 4.69) is 4.74 Å². The number of carbonyl (C=O) groups excluding carboxylic acids is 1. The number of methoxy groups -OCH3 is 1. The highest BCUT2D eigenvalue weighted by Crippen LogP contribution is 2.28. The lowest BCUT2D eigenvalue weighted by Crippen LogP contribution is -2.15. The molecule has 0 amide bonds. The Balaban J connectivity index is 2.83. The summed E-state index contributed by atoms with van der Waals surface area (Å²) >= 11 is 0. The largest absolute Gasteiger partial charge is 0.487 e. The summed E-state index contributed by atoms with van der Waals surface area (Å²) in [6.45, 7) is 1.15. The Morgan fingerprint density at radius 3 is 2.65 bits per heavy atom. The predicted molar refractivity (Wildman–Crippen MR) is 73.1 cm³/mol. The number of rotatable bonds is 7. The van der Waals surface area contributed by atoms with Crippen LogP contribution in [0, 0.1) is 10.1 Å². The van der Waals surface area contributed by atoms with Crippen molar-refractivity contribution in [1.82, 2.24) is 4.90 Å². The van der Waals surface area contributed by atoms with Crippen LogP contribution in [0.2, 0.25) is 0 Å². The zero-order chi connectivity index (χ0) is 15.1. The van der Waals surface area contributed by atoms with E-state index in [1.165, 1.54) is 25.3 Å². The van der Waals surface area contributed by atoms with Crippen molar-refractivity contribution in [1.29, 1.82) is 0 Å². The summed E-state index contributed by atoms with van der Waals surface area (Å²) in [4.78, 5) is 23.8. The van der Waals surface area contributed by atoms with Gasteiger partial charge in [-0.1, -0.05) is 0 Å². The maximum Gasteiger partial charge on any atom is 0.337 e. The van der Waals surface area contributed by atoms with Crippen LogP contribution < -0.4 is 4.74 Å².